The molecule has 2 aromatic heterocycles. The van der Waals surface area contributed by atoms with E-state index in [4.69, 9.17) is 10.7 Å². The molecule has 0 saturated carbocycles. The Kier molecular flexibility index (Phi) is 4.23. The number of nitrogens with zero attached hydrogens (tertiary/aromatic N) is 3. The Balaban J connectivity index is 1.79. The Bertz CT molecular complexity index is 809. The van der Waals surface area contributed by atoms with E-state index >= 15 is 0 Å². The summed E-state index contributed by atoms with van der Waals surface area (Å²) in [5.74, 6) is 0.940. The average Bonchev–Trinajstić information content (AvgIpc) is 3.15. The number of nitrogens with one attached hydrogen (secondary N) is 1. The van der Waals surface area contributed by atoms with Crippen LogP contribution in [0, 0.1) is 0 Å². The van der Waals surface area contributed by atoms with Crippen LogP contribution in [0.25, 0.3) is 5.65 Å². The van der Waals surface area contributed by atoms with Gasteiger partial charge in [-0.05, 0) is 51.5 Å². The van der Waals surface area contributed by atoms with Gasteiger partial charge in [0.15, 0.2) is 5.65 Å². The Morgan fingerprint density at radius 1 is 1.40 bits per heavy atom. The van der Waals surface area contributed by atoms with Gasteiger partial charge in [0, 0.05) is 29.1 Å². The highest BCUT2D eigenvalue weighted by Gasteiger charge is 2.36. The van der Waals surface area contributed by atoms with E-state index in [0.717, 1.165) is 41.7 Å². The minimum atomic E-state index is -0.187. The second kappa shape index (κ2) is 6.41. The SMILES string of the molecule is CCc1c(C2CC3CCC(C2)N3)nc2c(CC=C(C)F)cnn2c1N. The zero-order valence-corrected chi connectivity index (χ0v) is 14.9. The van der Waals surface area contributed by atoms with E-state index < -0.39 is 0 Å². The van der Waals surface area contributed by atoms with Gasteiger partial charge in [-0.2, -0.15) is 9.61 Å². The van der Waals surface area contributed by atoms with Crippen molar-refractivity contribution in [2.24, 2.45) is 0 Å². The first-order chi connectivity index (χ1) is 12.1. The lowest BCUT2D eigenvalue weighted by atomic mass is 9.86. The van der Waals surface area contributed by atoms with Crippen LogP contribution < -0.4 is 11.1 Å². The van der Waals surface area contributed by atoms with Crippen molar-refractivity contribution >= 4 is 11.5 Å². The van der Waals surface area contributed by atoms with Crippen LogP contribution in [0.15, 0.2) is 18.1 Å². The third-order valence-electron chi connectivity index (χ3n) is 5.71. The summed E-state index contributed by atoms with van der Waals surface area (Å²) in [6.07, 6.45) is 9.43. The lowest BCUT2D eigenvalue weighted by Gasteiger charge is -2.30. The van der Waals surface area contributed by atoms with Crippen molar-refractivity contribution in [2.45, 2.75) is 70.4 Å². The molecule has 0 aromatic carbocycles. The standard InChI is InChI=1S/C19H26FN5/c1-3-16-17(13-8-14-6-7-15(9-13)23-14)24-19-12(5-4-11(2)20)10-22-25(19)18(16)21/h4,10,13-15,23H,3,5-9,21H2,1-2H3. The quantitative estimate of drug-likeness (QED) is 0.894. The first kappa shape index (κ1) is 16.5. The predicted octanol–water partition coefficient (Wildman–Crippen LogP) is 3.29. The topological polar surface area (TPSA) is 68.2 Å². The molecule has 134 valence electrons. The molecule has 2 aliphatic rings. The monoisotopic (exact) mass is 343 g/mol. The molecule has 5 nitrogen and oxygen atoms in total. The van der Waals surface area contributed by atoms with Crippen molar-refractivity contribution in [2.75, 3.05) is 5.73 Å². The van der Waals surface area contributed by atoms with Crippen LogP contribution in [0.5, 0.6) is 0 Å². The summed E-state index contributed by atoms with van der Waals surface area (Å²) in [6.45, 7) is 3.58. The maximum absolute atomic E-state index is 13.1. The molecule has 25 heavy (non-hydrogen) atoms. The normalized spacial score (nSPS) is 26.5. The van der Waals surface area contributed by atoms with Gasteiger partial charge in [-0.3, -0.25) is 0 Å². The number of nitrogen functional groups attached to an aromatic ring is 1. The number of rotatable bonds is 4. The van der Waals surface area contributed by atoms with Gasteiger partial charge < -0.3 is 11.1 Å². The molecule has 0 aliphatic carbocycles. The van der Waals surface area contributed by atoms with E-state index in [2.05, 4.69) is 17.3 Å². The molecule has 2 fully saturated rings. The lowest BCUT2D eigenvalue weighted by Crippen LogP contribution is -2.37. The minimum Gasteiger partial charge on any atom is -0.383 e. The molecule has 2 saturated heterocycles. The summed E-state index contributed by atoms with van der Waals surface area (Å²) in [5.41, 5.74) is 10.4. The fourth-order valence-corrected chi connectivity index (χ4v) is 4.49. The molecule has 4 heterocycles. The minimum absolute atomic E-state index is 0.187. The molecule has 4 rings (SSSR count). The maximum atomic E-state index is 13.1. The van der Waals surface area contributed by atoms with Gasteiger partial charge in [-0.15, -0.1) is 0 Å². The van der Waals surface area contributed by atoms with Crippen LogP contribution in [0.2, 0.25) is 0 Å². The summed E-state index contributed by atoms with van der Waals surface area (Å²) in [7, 11) is 0. The smallest absolute Gasteiger partial charge is 0.161 e. The van der Waals surface area contributed by atoms with Crippen LogP contribution in [0.4, 0.5) is 10.2 Å². The summed E-state index contributed by atoms with van der Waals surface area (Å²) < 4.78 is 14.9. The third kappa shape index (κ3) is 2.92. The Labute approximate surface area is 147 Å². The first-order valence-electron chi connectivity index (χ1n) is 9.30. The Morgan fingerprint density at radius 2 is 2.12 bits per heavy atom. The van der Waals surface area contributed by atoms with Gasteiger partial charge in [-0.1, -0.05) is 6.92 Å². The number of halogens is 1. The van der Waals surface area contributed by atoms with E-state index in [-0.39, 0.29) is 5.83 Å². The second-order valence-electron chi connectivity index (χ2n) is 7.42. The Hall–Kier alpha value is -1.95. The first-order valence-corrected chi connectivity index (χ1v) is 9.30. The molecule has 2 aromatic rings. The van der Waals surface area contributed by atoms with Crippen molar-refractivity contribution in [3.05, 3.63) is 34.9 Å². The lowest BCUT2D eigenvalue weighted by molar-refractivity contribution is 0.358. The number of hydrogen-bond donors (Lipinski definition) is 2. The number of anilines is 1. The van der Waals surface area contributed by atoms with Crippen LogP contribution >= 0.6 is 0 Å². The fraction of sp³-hybridized carbons (Fsp3) is 0.579. The highest BCUT2D eigenvalue weighted by atomic mass is 19.1. The van der Waals surface area contributed by atoms with E-state index in [1.807, 2.05) is 0 Å². The highest BCUT2D eigenvalue weighted by molar-refractivity contribution is 5.58. The second-order valence-corrected chi connectivity index (χ2v) is 7.42. The molecular weight excluding hydrogens is 317 g/mol. The van der Waals surface area contributed by atoms with E-state index in [9.17, 15) is 4.39 Å². The van der Waals surface area contributed by atoms with Gasteiger partial charge in [0.05, 0.1) is 17.7 Å². The number of aromatic nitrogens is 3. The van der Waals surface area contributed by atoms with Gasteiger partial charge in [-0.25, -0.2) is 9.37 Å². The van der Waals surface area contributed by atoms with Crippen molar-refractivity contribution in [1.29, 1.82) is 0 Å². The fourth-order valence-electron chi connectivity index (χ4n) is 4.49. The molecule has 2 aliphatic heterocycles. The molecule has 0 spiro atoms. The Morgan fingerprint density at radius 3 is 2.76 bits per heavy atom. The zero-order chi connectivity index (χ0) is 17.6. The number of nitrogens with two attached hydrogens (primary N) is 1. The van der Waals surface area contributed by atoms with Crippen LogP contribution in [-0.4, -0.2) is 26.7 Å². The highest BCUT2D eigenvalue weighted by Crippen LogP contribution is 2.39. The van der Waals surface area contributed by atoms with Crippen molar-refractivity contribution < 1.29 is 4.39 Å². The molecule has 0 amide bonds. The van der Waals surface area contributed by atoms with Crippen LogP contribution in [-0.2, 0) is 12.8 Å². The van der Waals surface area contributed by atoms with Gasteiger partial charge in [0.25, 0.3) is 0 Å². The maximum Gasteiger partial charge on any atom is 0.161 e. The van der Waals surface area contributed by atoms with Crippen LogP contribution in [0.3, 0.4) is 0 Å². The van der Waals surface area contributed by atoms with Crippen molar-refractivity contribution in [3.63, 3.8) is 0 Å². The zero-order valence-electron chi connectivity index (χ0n) is 14.9. The summed E-state index contributed by atoms with van der Waals surface area (Å²) >= 11 is 0. The van der Waals surface area contributed by atoms with Crippen LogP contribution in [0.1, 0.15) is 62.3 Å². The largest absolute Gasteiger partial charge is 0.383 e. The number of fused-ring (bicyclic) bond motifs is 3. The number of piperidine rings is 1. The third-order valence-corrected chi connectivity index (χ3v) is 5.71. The van der Waals surface area contributed by atoms with Gasteiger partial charge in [0.1, 0.15) is 5.82 Å². The molecule has 0 radical (unpaired) electrons. The molecule has 3 N–H and O–H groups in total. The predicted molar refractivity (Wildman–Crippen MR) is 97.3 cm³/mol. The van der Waals surface area contributed by atoms with Gasteiger partial charge in [0.2, 0.25) is 0 Å². The van der Waals surface area contributed by atoms with E-state index in [0.29, 0.717) is 30.2 Å². The van der Waals surface area contributed by atoms with Gasteiger partial charge >= 0.3 is 0 Å². The number of hydrogen-bond acceptors (Lipinski definition) is 4. The van der Waals surface area contributed by atoms with E-state index in [1.165, 1.54) is 19.8 Å². The van der Waals surface area contributed by atoms with Crippen molar-refractivity contribution in [1.82, 2.24) is 19.9 Å². The molecular formula is C19H26FN5. The molecule has 2 unspecified atom stereocenters. The molecule has 2 bridgehead atoms. The average molecular weight is 343 g/mol. The summed E-state index contributed by atoms with van der Waals surface area (Å²) in [5, 5.41) is 8.09. The molecule has 2 atom stereocenters. The summed E-state index contributed by atoms with van der Waals surface area (Å²) in [4.78, 5) is 5.01. The summed E-state index contributed by atoms with van der Waals surface area (Å²) in [6, 6.07) is 1.21. The van der Waals surface area contributed by atoms with Crippen molar-refractivity contribution in [3.8, 4) is 0 Å². The number of allylic oxidation sites excluding steroid dienone is 2. The molecule has 6 heteroatoms. The van der Waals surface area contributed by atoms with E-state index in [1.54, 1.807) is 16.8 Å².